The van der Waals surface area contributed by atoms with Gasteiger partial charge in [-0.15, -0.1) is 0 Å². The van der Waals surface area contributed by atoms with Crippen molar-refractivity contribution in [2.75, 3.05) is 19.0 Å². The second-order valence-corrected chi connectivity index (χ2v) is 8.26. The van der Waals surface area contributed by atoms with Crippen molar-refractivity contribution in [2.45, 2.75) is 18.6 Å². The fraction of sp³-hybridized carbons (Fsp3) is 0.192. The van der Waals surface area contributed by atoms with Gasteiger partial charge in [-0.3, -0.25) is 9.69 Å². The van der Waals surface area contributed by atoms with Crippen molar-refractivity contribution >= 4 is 22.4 Å². The molecule has 0 radical (unpaired) electrons. The number of para-hydroxylation sites is 1. The first-order valence-corrected chi connectivity index (χ1v) is 10.6. The van der Waals surface area contributed by atoms with Crippen LogP contribution in [0.1, 0.15) is 27.2 Å². The zero-order valence-electron chi connectivity index (χ0n) is 17.3. The van der Waals surface area contributed by atoms with E-state index in [-0.39, 0.29) is 5.78 Å². The van der Waals surface area contributed by atoms with Gasteiger partial charge in [0.2, 0.25) is 5.78 Å². The summed E-state index contributed by atoms with van der Waals surface area (Å²) in [5, 5.41) is 4.82. The number of anilines is 1. The van der Waals surface area contributed by atoms with Gasteiger partial charge >= 0.3 is 0 Å². The molecule has 3 heterocycles. The molecule has 0 amide bonds. The minimum Gasteiger partial charge on any atom is -0.497 e. The molecule has 1 aromatic heterocycles. The van der Waals surface area contributed by atoms with Gasteiger partial charge in [0.1, 0.15) is 5.75 Å². The van der Waals surface area contributed by atoms with Crippen LogP contribution in [0, 0.1) is 0 Å². The Morgan fingerprint density at radius 1 is 1.03 bits per heavy atom. The number of Topliss-reactive ketones (excluding diaryl/α,β-unsaturated/α-hetero) is 1. The van der Waals surface area contributed by atoms with Gasteiger partial charge in [0.15, 0.2) is 5.66 Å². The number of methoxy groups -OCH3 is 1. The smallest absolute Gasteiger partial charge is 0.211 e. The molecule has 2 aliphatic heterocycles. The molecule has 2 aliphatic rings. The third-order valence-corrected chi connectivity index (χ3v) is 6.61. The second kappa shape index (κ2) is 6.72. The number of ether oxygens (including phenoxy) is 1. The maximum absolute atomic E-state index is 14.1. The van der Waals surface area contributed by atoms with Crippen molar-refractivity contribution in [3.63, 3.8) is 0 Å². The first-order chi connectivity index (χ1) is 15.2. The third-order valence-electron chi connectivity index (χ3n) is 6.61. The quantitative estimate of drug-likeness (QED) is 0.515. The summed E-state index contributed by atoms with van der Waals surface area (Å²) >= 11 is 0. The topological polar surface area (TPSA) is 57.4 Å². The van der Waals surface area contributed by atoms with Crippen molar-refractivity contribution in [3.05, 3.63) is 95.2 Å². The number of carbonyl (C=O) groups excluding carboxylic acids is 1. The highest BCUT2D eigenvalue weighted by Crippen LogP contribution is 2.47. The van der Waals surface area contributed by atoms with Gasteiger partial charge in [-0.1, -0.05) is 48.5 Å². The molecule has 1 unspecified atom stereocenters. The Kier molecular flexibility index (Phi) is 3.95. The van der Waals surface area contributed by atoms with E-state index >= 15 is 0 Å². The van der Waals surface area contributed by atoms with Crippen molar-refractivity contribution in [1.29, 1.82) is 0 Å². The van der Waals surface area contributed by atoms with Crippen LogP contribution < -0.4 is 10.1 Å². The van der Waals surface area contributed by atoms with Crippen molar-refractivity contribution in [3.8, 4) is 5.75 Å². The molecule has 0 bridgehead atoms. The van der Waals surface area contributed by atoms with Gasteiger partial charge in [0.05, 0.1) is 12.8 Å². The molecule has 154 valence electrons. The van der Waals surface area contributed by atoms with E-state index in [1.54, 1.807) is 7.11 Å². The lowest BCUT2D eigenvalue weighted by Crippen LogP contribution is -2.57. The van der Waals surface area contributed by atoms with Gasteiger partial charge < -0.3 is 15.0 Å². The molecule has 31 heavy (non-hydrogen) atoms. The standard InChI is InChI=1S/C26H23N3O2/c1-31-18-11-12-23-21(15-18)25(30)26(28-23)24-20(19-9-5-6-10-22(19)27-24)13-14-29(26)16-17-7-3-2-4-8-17/h2-12,15,27-28H,13-14,16H2,1H3. The number of ketones is 1. The lowest BCUT2D eigenvalue weighted by atomic mass is 9.88. The Hall–Kier alpha value is -3.57. The number of rotatable bonds is 3. The van der Waals surface area contributed by atoms with Crippen LogP contribution >= 0.6 is 0 Å². The number of benzene rings is 3. The van der Waals surface area contributed by atoms with E-state index in [0.717, 1.165) is 29.9 Å². The van der Waals surface area contributed by atoms with Gasteiger partial charge in [-0.25, -0.2) is 0 Å². The molecule has 6 rings (SSSR count). The van der Waals surface area contributed by atoms with Crippen molar-refractivity contribution < 1.29 is 9.53 Å². The number of fused-ring (bicyclic) bond motifs is 5. The molecule has 0 saturated carbocycles. The highest BCUT2D eigenvalue weighted by atomic mass is 16.5. The predicted molar refractivity (Wildman–Crippen MR) is 121 cm³/mol. The molecule has 0 fully saturated rings. The number of nitrogens with zero attached hydrogens (tertiary/aromatic N) is 1. The molecule has 4 aromatic rings. The minimum atomic E-state index is -0.961. The van der Waals surface area contributed by atoms with Gasteiger partial charge in [0, 0.05) is 35.2 Å². The third kappa shape index (κ3) is 2.56. The monoisotopic (exact) mass is 409 g/mol. The molecule has 0 saturated heterocycles. The van der Waals surface area contributed by atoms with E-state index in [2.05, 4.69) is 45.5 Å². The lowest BCUT2D eigenvalue weighted by Gasteiger charge is -2.43. The van der Waals surface area contributed by atoms with Gasteiger partial charge in [-0.2, -0.15) is 0 Å². The number of hydrogen-bond donors (Lipinski definition) is 2. The molecule has 5 heteroatoms. The molecule has 2 N–H and O–H groups in total. The number of aromatic nitrogens is 1. The SMILES string of the molecule is COc1ccc2c(c1)C(=O)C1(N2)c2[nH]c3ccccc3c2CCN1Cc1ccccc1. The van der Waals surface area contributed by atoms with E-state index in [9.17, 15) is 4.79 Å². The Morgan fingerprint density at radius 3 is 2.68 bits per heavy atom. The lowest BCUT2D eigenvalue weighted by molar-refractivity contribution is 0.0563. The fourth-order valence-electron chi connectivity index (χ4n) is 5.14. The Balaban J connectivity index is 1.55. The summed E-state index contributed by atoms with van der Waals surface area (Å²) in [5.74, 6) is 0.748. The number of H-pyrrole nitrogens is 1. The zero-order valence-corrected chi connectivity index (χ0v) is 17.3. The van der Waals surface area contributed by atoms with E-state index in [1.165, 1.54) is 16.5 Å². The minimum absolute atomic E-state index is 0.0600. The van der Waals surface area contributed by atoms with Crippen molar-refractivity contribution in [1.82, 2.24) is 9.88 Å². The van der Waals surface area contributed by atoms with Gasteiger partial charge in [-0.05, 0) is 41.8 Å². The number of nitrogens with one attached hydrogen (secondary N) is 2. The summed E-state index contributed by atoms with van der Waals surface area (Å²) < 4.78 is 5.40. The van der Waals surface area contributed by atoms with Crippen molar-refractivity contribution in [2.24, 2.45) is 0 Å². The first kappa shape index (κ1) is 18.2. The largest absolute Gasteiger partial charge is 0.497 e. The first-order valence-electron chi connectivity index (χ1n) is 10.6. The van der Waals surface area contributed by atoms with Crippen LogP contribution in [0.15, 0.2) is 72.8 Å². The summed E-state index contributed by atoms with van der Waals surface area (Å²) in [7, 11) is 1.63. The summed E-state index contributed by atoms with van der Waals surface area (Å²) in [5.41, 5.74) is 4.98. The highest BCUT2D eigenvalue weighted by Gasteiger charge is 2.55. The van der Waals surface area contributed by atoms with Crippen LogP contribution in [0.25, 0.3) is 10.9 Å². The summed E-state index contributed by atoms with van der Waals surface area (Å²) in [4.78, 5) is 20.0. The Labute approximate surface area is 180 Å². The molecular formula is C26H23N3O2. The Bertz CT molecular complexity index is 1310. The average molecular weight is 409 g/mol. The predicted octanol–water partition coefficient (Wildman–Crippen LogP) is 4.70. The summed E-state index contributed by atoms with van der Waals surface area (Å²) in [6.07, 6.45) is 0.891. The van der Waals surface area contributed by atoms with E-state index in [1.807, 2.05) is 42.5 Å². The molecular weight excluding hydrogens is 386 g/mol. The van der Waals surface area contributed by atoms with E-state index in [4.69, 9.17) is 4.74 Å². The second-order valence-electron chi connectivity index (χ2n) is 8.26. The van der Waals surface area contributed by atoms with Crippen LogP contribution in [-0.4, -0.2) is 29.3 Å². The average Bonchev–Trinajstić information content (AvgIpc) is 3.33. The summed E-state index contributed by atoms with van der Waals surface area (Å²) in [6, 6.07) is 24.3. The summed E-state index contributed by atoms with van der Waals surface area (Å²) in [6.45, 7) is 1.47. The number of hydrogen-bond acceptors (Lipinski definition) is 4. The maximum atomic E-state index is 14.1. The molecule has 0 aliphatic carbocycles. The number of aromatic amines is 1. The van der Waals surface area contributed by atoms with Crippen LogP contribution in [0.2, 0.25) is 0 Å². The normalized spacial score (nSPS) is 20.0. The Morgan fingerprint density at radius 2 is 1.84 bits per heavy atom. The van der Waals surface area contributed by atoms with E-state index < -0.39 is 5.66 Å². The fourth-order valence-corrected chi connectivity index (χ4v) is 5.14. The molecule has 1 atom stereocenters. The highest BCUT2D eigenvalue weighted by molar-refractivity contribution is 6.14. The molecule has 5 nitrogen and oxygen atoms in total. The van der Waals surface area contributed by atoms with E-state index in [0.29, 0.717) is 17.9 Å². The number of carbonyl (C=O) groups is 1. The van der Waals surface area contributed by atoms with Crippen LogP contribution in [0.5, 0.6) is 5.75 Å². The van der Waals surface area contributed by atoms with Crippen LogP contribution in [0.3, 0.4) is 0 Å². The van der Waals surface area contributed by atoms with Gasteiger partial charge in [0.25, 0.3) is 0 Å². The molecule has 1 spiro atoms. The van der Waals surface area contributed by atoms with Crippen LogP contribution in [0.4, 0.5) is 5.69 Å². The van der Waals surface area contributed by atoms with Crippen LogP contribution in [-0.2, 0) is 18.6 Å². The molecule has 3 aromatic carbocycles. The maximum Gasteiger partial charge on any atom is 0.211 e. The zero-order chi connectivity index (χ0) is 21.0.